The number of benzene rings is 2. The van der Waals surface area contributed by atoms with Crippen molar-refractivity contribution in [3.63, 3.8) is 0 Å². The van der Waals surface area contributed by atoms with Gasteiger partial charge in [0.1, 0.15) is 0 Å². The standard InChI is InChI=1S/C20H16N2O/c1-2-5-18-17(4-1)20-19(6-3-11-21-20)22(18)15-9-7-14(8-10-15)12-16-13-23-16/h1-11,16H,12-13H2. The summed E-state index contributed by atoms with van der Waals surface area (Å²) in [6.45, 7) is 0.903. The van der Waals surface area contributed by atoms with E-state index in [9.17, 15) is 0 Å². The minimum Gasteiger partial charge on any atom is -0.373 e. The fraction of sp³-hybridized carbons (Fsp3) is 0.150. The molecular weight excluding hydrogens is 284 g/mol. The molecule has 0 amide bonds. The molecule has 0 radical (unpaired) electrons. The number of hydrogen-bond acceptors (Lipinski definition) is 2. The lowest BCUT2D eigenvalue weighted by atomic mass is 10.1. The van der Waals surface area contributed by atoms with Crippen molar-refractivity contribution in [1.29, 1.82) is 0 Å². The van der Waals surface area contributed by atoms with E-state index >= 15 is 0 Å². The van der Waals surface area contributed by atoms with Crippen molar-refractivity contribution in [1.82, 2.24) is 9.55 Å². The van der Waals surface area contributed by atoms with Gasteiger partial charge in [-0.1, -0.05) is 30.3 Å². The van der Waals surface area contributed by atoms with Crippen molar-refractivity contribution in [2.75, 3.05) is 6.61 Å². The van der Waals surface area contributed by atoms with Crippen LogP contribution in [-0.4, -0.2) is 22.3 Å². The average molecular weight is 300 g/mol. The Hall–Kier alpha value is -2.65. The Morgan fingerprint density at radius 2 is 1.74 bits per heavy atom. The van der Waals surface area contributed by atoms with Crippen LogP contribution in [0, 0.1) is 0 Å². The van der Waals surface area contributed by atoms with E-state index in [1.807, 2.05) is 12.3 Å². The van der Waals surface area contributed by atoms with Gasteiger partial charge in [-0.3, -0.25) is 4.98 Å². The second-order valence-electron chi connectivity index (χ2n) is 6.05. The largest absolute Gasteiger partial charge is 0.373 e. The molecular formula is C20H16N2O. The normalized spacial score (nSPS) is 17.0. The minimum absolute atomic E-state index is 0.429. The van der Waals surface area contributed by atoms with Crippen LogP contribution in [0.1, 0.15) is 5.56 Å². The maximum atomic E-state index is 5.32. The molecule has 23 heavy (non-hydrogen) atoms. The smallest absolute Gasteiger partial charge is 0.0963 e. The number of epoxide rings is 1. The maximum Gasteiger partial charge on any atom is 0.0963 e. The lowest BCUT2D eigenvalue weighted by Crippen LogP contribution is -1.96. The maximum absolute atomic E-state index is 5.32. The number of pyridine rings is 1. The summed E-state index contributed by atoms with van der Waals surface area (Å²) in [6.07, 6.45) is 3.30. The molecule has 0 aliphatic carbocycles. The first kappa shape index (κ1) is 12.9. The lowest BCUT2D eigenvalue weighted by molar-refractivity contribution is 0.407. The van der Waals surface area contributed by atoms with E-state index in [4.69, 9.17) is 4.74 Å². The van der Waals surface area contributed by atoms with E-state index in [2.05, 4.69) is 64.1 Å². The fourth-order valence-electron chi connectivity index (χ4n) is 3.29. The highest BCUT2D eigenvalue weighted by Gasteiger charge is 2.22. The molecule has 0 N–H and O–H groups in total. The Morgan fingerprint density at radius 3 is 2.57 bits per heavy atom. The number of ether oxygens (including phenoxy) is 1. The molecule has 4 aromatic rings. The van der Waals surface area contributed by atoms with Crippen LogP contribution in [-0.2, 0) is 11.2 Å². The highest BCUT2D eigenvalue weighted by molar-refractivity contribution is 6.06. The Bertz CT molecular complexity index is 944. The van der Waals surface area contributed by atoms with Gasteiger partial charge >= 0.3 is 0 Å². The molecule has 2 aromatic heterocycles. The zero-order chi connectivity index (χ0) is 15.2. The molecule has 3 heterocycles. The molecule has 0 saturated carbocycles. The molecule has 3 nitrogen and oxygen atoms in total. The van der Waals surface area contributed by atoms with Gasteiger partial charge in [-0.2, -0.15) is 0 Å². The number of para-hydroxylation sites is 1. The number of aromatic nitrogens is 2. The summed E-state index contributed by atoms with van der Waals surface area (Å²) >= 11 is 0. The van der Waals surface area contributed by atoms with Gasteiger partial charge in [-0.25, -0.2) is 0 Å². The van der Waals surface area contributed by atoms with Crippen LogP contribution in [0.15, 0.2) is 66.9 Å². The highest BCUT2D eigenvalue weighted by atomic mass is 16.6. The molecule has 3 heteroatoms. The van der Waals surface area contributed by atoms with Gasteiger partial charge in [-0.15, -0.1) is 0 Å². The quantitative estimate of drug-likeness (QED) is 0.533. The summed E-state index contributed by atoms with van der Waals surface area (Å²) in [5.41, 5.74) is 5.89. The van der Waals surface area contributed by atoms with Gasteiger partial charge in [0.15, 0.2) is 0 Å². The van der Waals surface area contributed by atoms with E-state index in [1.165, 1.54) is 22.2 Å². The molecule has 5 rings (SSSR count). The lowest BCUT2D eigenvalue weighted by Gasteiger charge is -2.08. The predicted octanol–water partition coefficient (Wildman–Crippen LogP) is 4.12. The first-order chi connectivity index (χ1) is 11.4. The van der Waals surface area contributed by atoms with Gasteiger partial charge in [0.2, 0.25) is 0 Å². The zero-order valence-corrected chi connectivity index (χ0v) is 12.6. The molecule has 1 unspecified atom stereocenters. The monoisotopic (exact) mass is 300 g/mol. The van der Waals surface area contributed by atoms with Crippen LogP contribution in [0.2, 0.25) is 0 Å². The molecule has 2 aromatic carbocycles. The van der Waals surface area contributed by atoms with Crippen LogP contribution in [0.5, 0.6) is 0 Å². The summed E-state index contributed by atoms with van der Waals surface area (Å²) < 4.78 is 7.60. The first-order valence-electron chi connectivity index (χ1n) is 7.95. The van der Waals surface area contributed by atoms with Crippen LogP contribution in [0.25, 0.3) is 27.6 Å². The predicted molar refractivity (Wildman–Crippen MR) is 92.0 cm³/mol. The van der Waals surface area contributed by atoms with Crippen LogP contribution < -0.4 is 0 Å². The van der Waals surface area contributed by atoms with Crippen molar-refractivity contribution in [2.45, 2.75) is 12.5 Å². The van der Waals surface area contributed by atoms with Crippen molar-refractivity contribution in [2.24, 2.45) is 0 Å². The average Bonchev–Trinajstić information content (AvgIpc) is 3.35. The third-order valence-corrected chi connectivity index (χ3v) is 4.49. The molecule has 0 spiro atoms. The van der Waals surface area contributed by atoms with E-state index < -0.39 is 0 Å². The number of rotatable bonds is 3. The van der Waals surface area contributed by atoms with E-state index in [-0.39, 0.29) is 0 Å². The third kappa shape index (κ3) is 2.13. The SMILES string of the molecule is c1ccc2c(c1)c1ncccc1n2-c1ccc(CC2CO2)cc1. The molecule has 1 atom stereocenters. The van der Waals surface area contributed by atoms with E-state index in [1.54, 1.807) is 0 Å². The molecule has 0 bridgehead atoms. The Morgan fingerprint density at radius 1 is 0.957 bits per heavy atom. The number of nitrogens with zero attached hydrogens (tertiary/aromatic N) is 2. The Labute approximate surface area is 134 Å². The van der Waals surface area contributed by atoms with Crippen molar-refractivity contribution < 1.29 is 4.74 Å². The Balaban J connectivity index is 1.71. The van der Waals surface area contributed by atoms with Gasteiger partial charge < -0.3 is 9.30 Å². The van der Waals surface area contributed by atoms with Gasteiger partial charge in [0.25, 0.3) is 0 Å². The van der Waals surface area contributed by atoms with E-state index in [0.29, 0.717) is 6.10 Å². The summed E-state index contributed by atoms with van der Waals surface area (Å²) in [7, 11) is 0. The van der Waals surface area contributed by atoms with Gasteiger partial charge in [0.05, 0.1) is 29.3 Å². The topological polar surface area (TPSA) is 30.4 Å². The summed E-state index contributed by atoms with van der Waals surface area (Å²) in [6, 6.07) is 21.4. The van der Waals surface area contributed by atoms with Crippen LogP contribution in [0.3, 0.4) is 0 Å². The zero-order valence-electron chi connectivity index (χ0n) is 12.6. The van der Waals surface area contributed by atoms with Crippen LogP contribution in [0.4, 0.5) is 0 Å². The molecule has 1 saturated heterocycles. The summed E-state index contributed by atoms with van der Waals surface area (Å²) in [4.78, 5) is 4.58. The van der Waals surface area contributed by atoms with Gasteiger partial charge in [0, 0.05) is 23.7 Å². The fourth-order valence-corrected chi connectivity index (χ4v) is 3.29. The number of fused-ring (bicyclic) bond motifs is 3. The van der Waals surface area contributed by atoms with Crippen molar-refractivity contribution in [3.05, 3.63) is 72.4 Å². The highest BCUT2D eigenvalue weighted by Crippen LogP contribution is 2.30. The molecule has 1 fully saturated rings. The van der Waals surface area contributed by atoms with Crippen molar-refractivity contribution >= 4 is 21.9 Å². The van der Waals surface area contributed by atoms with Crippen LogP contribution >= 0.6 is 0 Å². The van der Waals surface area contributed by atoms with Gasteiger partial charge in [-0.05, 0) is 35.9 Å². The second-order valence-corrected chi connectivity index (χ2v) is 6.05. The molecule has 112 valence electrons. The van der Waals surface area contributed by atoms with Crippen molar-refractivity contribution in [3.8, 4) is 5.69 Å². The summed E-state index contributed by atoms with van der Waals surface area (Å²) in [5.74, 6) is 0. The first-order valence-corrected chi connectivity index (χ1v) is 7.95. The Kier molecular flexibility index (Phi) is 2.76. The second kappa shape index (κ2) is 4.93. The minimum atomic E-state index is 0.429. The molecule has 1 aliphatic heterocycles. The van der Waals surface area contributed by atoms with E-state index in [0.717, 1.165) is 24.1 Å². The number of hydrogen-bond donors (Lipinski definition) is 0. The molecule has 1 aliphatic rings. The summed E-state index contributed by atoms with van der Waals surface area (Å²) in [5, 5.41) is 1.19. The third-order valence-electron chi connectivity index (χ3n) is 4.49.